The van der Waals surface area contributed by atoms with Gasteiger partial charge in [-0.05, 0) is 43.5 Å². The molecule has 34 heavy (non-hydrogen) atoms. The van der Waals surface area contributed by atoms with Gasteiger partial charge in [0.05, 0.1) is 6.42 Å². The summed E-state index contributed by atoms with van der Waals surface area (Å²) < 4.78 is 4.57. The van der Waals surface area contributed by atoms with Crippen LogP contribution in [-0.2, 0) is 29.0 Å². The first-order valence-electron chi connectivity index (χ1n) is 11.2. The standard InChI is InChI=1S/C25H27ClN4O4/c1-17-4-3-5-19(14-17)15-22(31)30-13-11-25(30,2)23(32)29(12-10-21-27-24(33)34-28-21)16-18-6-8-20(26)9-7-18/h3-9,14H,10-13,15-16H2,1-2H3,(H,27,28,33). The predicted molar refractivity (Wildman–Crippen MR) is 127 cm³/mol. The minimum Gasteiger partial charge on any atom is -0.336 e. The molecule has 1 fully saturated rings. The van der Waals surface area contributed by atoms with Gasteiger partial charge in [0, 0.05) is 31.1 Å². The summed E-state index contributed by atoms with van der Waals surface area (Å²) in [4.78, 5) is 44.0. The average Bonchev–Trinajstić information content (AvgIpc) is 3.21. The number of hydrogen-bond acceptors (Lipinski definition) is 5. The summed E-state index contributed by atoms with van der Waals surface area (Å²) >= 11 is 6.01. The van der Waals surface area contributed by atoms with E-state index < -0.39 is 11.3 Å². The van der Waals surface area contributed by atoms with E-state index in [9.17, 15) is 14.4 Å². The van der Waals surface area contributed by atoms with Crippen molar-refractivity contribution in [2.75, 3.05) is 13.1 Å². The van der Waals surface area contributed by atoms with Crippen molar-refractivity contribution in [2.24, 2.45) is 0 Å². The quantitative estimate of drug-likeness (QED) is 0.531. The maximum atomic E-state index is 13.8. The van der Waals surface area contributed by atoms with E-state index in [2.05, 4.69) is 14.7 Å². The molecule has 0 saturated carbocycles. The molecule has 9 heteroatoms. The molecule has 3 aromatic rings. The molecule has 1 unspecified atom stereocenters. The highest BCUT2D eigenvalue weighted by atomic mass is 35.5. The first kappa shape index (κ1) is 23.8. The van der Waals surface area contributed by atoms with Crippen molar-refractivity contribution in [2.45, 2.75) is 45.2 Å². The minimum absolute atomic E-state index is 0.0695. The van der Waals surface area contributed by atoms with Crippen molar-refractivity contribution in [1.29, 1.82) is 0 Å². The number of rotatable bonds is 8. The Labute approximate surface area is 202 Å². The Morgan fingerprint density at radius 1 is 1.21 bits per heavy atom. The Morgan fingerprint density at radius 3 is 2.59 bits per heavy atom. The second kappa shape index (κ2) is 9.85. The van der Waals surface area contributed by atoms with Crippen LogP contribution in [0.1, 0.15) is 35.9 Å². The number of aryl methyl sites for hydroxylation is 1. The molecule has 0 radical (unpaired) electrons. The SMILES string of the molecule is Cc1cccc(CC(=O)N2CCC2(C)C(=O)N(CCc2noc(=O)[nH]2)Cc2ccc(Cl)cc2)c1. The fourth-order valence-electron chi connectivity index (χ4n) is 4.29. The minimum atomic E-state index is -0.926. The van der Waals surface area contributed by atoms with Gasteiger partial charge >= 0.3 is 5.76 Å². The lowest BCUT2D eigenvalue weighted by Gasteiger charge is -2.51. The third-order valence-electron chi connectivity index (χ3n) is 6.30. The second-order valence-electron chi connectivity index (χ2n) is 8.88. The summed E-state index contributed by atoms with van der Waals surface area (Å²) in [5.41, 5.74) is 2.00. The lowest BCUT2D eigenvalue weighted by Crippen LogP contribution is -2.68. The maximum Gasteiger partial charge on any atom is 0.438 e. The molecule has 1 aromatic heterocycles. The van der Waals surface area contributed by atoms with Crippen molar-refractivity contribution >= 4 is 23.4 Å². The third kappa shape index (κ3) is 5.22. The van der Waals surface area contributed by atoms with Crippen molar-refractivity contribution in [3.05, 3.63) is 86.6 Å². The van der Waals surface area contributed by atoms with E-state index in [1.165, 1.54) is 0 Å². The van der Waals surface area contributed by atoms with Gasteiger partial charge in [-0.1, -0.05) is 58.7 Å². The monoisotopic (exact) mass is 482 g/mol. The number of amides is 2. The predicted octanol–water partition coefficient (Wildman–Crippen LogP) is 3.13. The number of hydrogen-bond donors (Lipinski definition) is 1. The van der Waals surface area contributed by atoms with Gasteiger partial charge < -0.3 is 9.80 Å². The van der Waals surface area contributed by atoms with E-state index in [0.717, 1.165) is 16.7 Å². The molecule has 4 rings (SSSR count). The first-order chi connectivity index (χ1) is 16.2. The largest absolute Gasteiger partial charge is 0.438 e. The van der Waals surface area contributed by atoms with E-state index in [0.29, 0.717) is 43.3 Å². The van der Waals surface area contributed by atoms with Crippen LogP contribution in [0.4, 0.5) is 0 Å². The number of carbonyl (C=O) groups excluding carboxylic acids is 2. The fourth-order valence-corrected chi connectivity index (χ4v) is 4.41. The summed E-state index contributed by atoms with van der Waals surface area (Å²) in [5.74, 6) is -0.480. The number of aromatic nitrogens is 2. The normalized spacial score (nSPS) is 17.3. The molecule has 178 valence electrons. The van der Waals surface area contributed by atoms with Crippen LogP contribution >= 0.6 is 11.6 Å². The molecule has 1 N–H and O–H groups in total. The molecule has 2 heterocycles. The van der Waals surface area contributed by atoms with E-state index >= 15 is 0 Å². The van der Waals surface area contributed by atoms with Gasteiger partial charge in [-0.15, -0.1) is 0 Å². The summed E-state index contributed by atoms with van der Waals surface area (Å²) in [6, 6.07) is 15.1. The average molecular weight is 483 g/mol. The van der Waals surface area contributed by atoms with Crippen LogP contribution in [0.2, 0.25) is 5.02 Å². The lowest BCUT2D eigenvalue weighted by molar-refractivity contribution is -0.164. The Balaban J connectivity index is 1.51. The van der Waals surface area contributed by atoms with Crippen molar-refractivity contribution in [3.63, 3.8) is 0 Å². The van der Waals surface area contributed by atoms with Crippen LogP contribution in [0, 0.1) is 6.92 Å². The Hall–Kier alpha value is -3.39. The smallest absolute Gasteiger partial charge is 0.336 e. The molecule has 0 aliphatic carbocycles. The molecule has 2 aromatic carbocycles. The molecular formula is C25H27ClN4O4. The van der Waals surface area contributed by atoms with Crippen LogP contribution in [0.3, 0.4) is 0 Å². The molecule has 1 aliphatic heterocycles. The van der Waals surface area contributed by atoms with Crippen LogP contribution in [0.5, 0.6) is 0 Å². The molecule has 0 bridgehead atoms. The van der Waals surface area contributed by atoms with Gasteiger partial charge in [0.1, 0.15) is 5.54 Å². The van der Waals surface area contributed by atoms with Crippen molar-refractivity contribution in [1.82, 2.24) is 19.9 Å². The van der Waals surface area contributed by atoms with E-state index in [1.54, 1.807) is 21.9 Å². The van der Waals surface area contributed by atoms with Crippen molar-refractivity contribution < 1.29 is 14.1 Å². The van der Waals surface area contributed by atoms with E-state index in [4.69, 9.17) is 11.6 Å². The molecule has 1 atom stereocenters. The maximum absolute atomic E-state index is 13.8. The number of H-pyrrole nitrogens is 1. The molecule has 1 saturated heterocycles. The molecule has 0 spiro atoms. The van der Waals surface area contributed by atoms with Crippen LogP contribution in [-0.4, -0.2) is 50.4 Å². The number of benzene rings is 2. The fraction of sp³-hybridized carbons (Fsp3) is 0.360. The van der Waals surface area contributed by atoms with Gasteiger partial charge in [0.15, 0.2) is 5.82 Å². The summed E-state index contributed by atoms with van der Waals surface area (Å²) in [6.45, 7) is 4.99. The van der Waals surface area contributed by atoms with Gasteiger partial charge in [-0.25, -0.2) is 4.79 Å². The Kier molecular flexibility index (Phi) is 6.88. The van der Waals surface area contributed by atoms with E-state index in [-0.39, 0.29) is 18.2 Å². The van der Waals surface area contributed by atoms with Gasteiger partial charge in [0.25, 0.3) is 0 Å². The summed E-state index contributed by atoms with van der Waals surface area (Å²) in [7, 11) is 0. The number of carbonyl (C=O) groups is 2. The third-order valence-corrected chi connectivity index (χ3v) is 6.55. The van der Waals surface area contributed by atoms with Gasteiger partial charge in [-0.2, -0.15) is 0 Å². The summed E-state index contributed by atoms with van der Waals surface area (Å²) in [5, 5.41) is 4.31. The topological polar surface area (TPSA) is 99.5 Å². The number of aromatic amines is 1. The second-order valence-corrected chi connectivity index (χ2v) is 9.32. The highest BCUT2D eigenvalue weighted by Gasteiger charge is 2.50. The lowest BCUT2D eigenvalue weighted by atomic mass is 9.84. The van der Waals surface area contributed by atoms with Crippen LogP contribution in [0.15, 0.2) is 57.8 Å². The molecule has 2 amide bonds. The zero-order valence-corrected chi connectivity index (χ0v) is 20.0. The first-order valence-corrected chi connectivity index (χ1v) is 11.6. The van der Waals surface area contributed by atoms with Crippen molar-refractivity contribution in [3.8, 4) is 0 Å². The molecule has 8 nitrogen and oxygen atoms in total. The molecular weight excluding hydrogens is 456 g/mol. The molecule has 1 aliphatic rings. The van der Waals surface area contributed by atoms with E-state index in [1.807, 2.05) is 50.2 Å². The highest BCUT2D eigenvalue weighted by molar-refractivity contribution is 6.30. The Morgan fingerprint density at radius 2 is 1.97 bits per heavy atom. The van der Waals surface area contributed by atoms with Gasteiger partial charge in [-0.3, -0.25) is 19.1 Å². The van der Waals surface area contributed by atoms with Crippen LogP contribution in [0.25, 0.3) is 0 Å². The number of likely N-dealkylation sites (tertiary alicyclic amines) is 1. The number of nitrogens with one attached hydrogen (secondary N) is 1. The Bertz CT molecular complexity index is 1240. The highest BCUT2D eigenvalue weighted by Crippen LogP contribution is 2.33. The number of nitrogens with zero attached hydrogens (tertiary/aromatic N) is 3. The summed E-state index contributed by atoms with van der Waals surface area (Å²) in [6.07, 6.45) is 1.16. The van der Waals surface area contributed by atoms with Gasteiger partial charge in [0.2, 0.25) is 11.8 Å². The zero-order valence-electron chi connectivity index (χ0n) is 19.2. The number of halogens is 1. The van der Waals surface area contributed by atoms with Crippen LogP contribution < -0.4 is 5.76 Å². The zero-order chi connectivity index (χ0) is 24.3.